The number of rotatable bonds is 4. The Morgan fingerprint density at radius 2 is 2.11 bits per heavy atom. The van der Waals surface area contributed by atoms with Crippen molar-refractivity contribution in [3.8, 4) is 0 Å². The van der Waals surface area contributed by atoms with Gasteiger partial charge in [-0.1, -0.05) is 0 Å². The van der Waals surface area contributed by atoms with Gasteiger partial charge in [-0.15, -0.1) is 10.2 Å². The van der Waals surface area contributed by atoms with E-state index in [-0.39, 0.29) is 0 Å². The summed E-state index contributed by atoms with van der Waals surface area (Å²) in [4.78, 5) is 0. The van der Waals surface area contributed by atoms with E-state index in [4.69, 9.17) is 10.5 Å². The first-order chi connectivity index (χ1) is 9.31. The van der Waals surface area contributed by atoms with E-state index in [1.807, 2.05) is 6.33 Å². The number of hydrogen-bond donors (Lipinski definition) is 1. The van der Waals surface area contributed by atoms with E-state index in [9.17, 15) is 0 Å². The van der Waals surface area contributed by atoms with E-state index in [0.717, 1.165) is 50.6 Å². The molecule has 1 saturated carbocycles. The minimum atomic E-state index is 0.356. The summed E-state index contributed by atoms with van der Waals surface area (Å²) in [5.41, 5.74) is 5.96. The number of hydrogen-bond acceptors (Lipinski definition) is 4. The molecule has 106 valence electrons. The van der Waals surface area contributed by atoms with Crippen LogP contribution in [-0.4, -0.2) is 33.5 Å². The molecular formula is C14H24N4O. The molecule has 5 heteroatoms. The van der Waals surface area contributed by atoms with Crippen LogP contribution in [0.1, 0.15) is 44.3 Å². The summed E-state index contributed by atoms with van der Waals surface area (Å²) in [6.45, 7) is 1.82. The second kappa shape index (κ2) is 6.01. The lowest BCUT2D eigenvalue weighted by Crippen LogP contribution is -2.28. The van der Waals surface area contributed by atoms with Crippen LogP contribution in [0.25, 0.3) is 0 Å². The summed E-state index contributed by atoms with van der Waals surface area (Å²) < 4.78 is 7.88. The fourth-order valence-corrected chi connectivity index (χ4v) is 3.25. The highest BCUT2D eigenvalue weighted by atomic mass is 16.5. The van der Waals surface area contributed by atoms with Crippen LogP contribution in [-0.2, 0) is 17.7 Å². The van der Waals surface area contributed by atoms with Gasteiger partial charge in [0.2, 0.25) is 0 Å². The highest BCUT2D eigenvalue weighted by molar-refractivity contribution is 4.91. The largest absolute Gasteiger partial charge is 0.376 e. The van der Waals surface area contributed by atoms with Gasteiger partial charge in [-0.3, -0.25) is 0 Å². The van der Waals surface area contributed by atoms with Gasteiger partial charge >= 0.3 is 0 Å². The Balaban J connectivity index is 1.57. The molecular weight excluding hydrogens is 240 g/mol. The molecule has 3 rings (SSSR count). The van der Waals surface area contributed by atoms with Crippen LogP contribution in [0, 0.1) is 5.92 Å². The van der Waals surface area contributed by atoms with Crippen LogP contribution in [0.15, 0.2) is 6.33 Å². The van der Waals surface area contributed by atoms with Gasteiger partial charge in [0.25, 0.3) is 0 Å². The molecule has 2 aliphatic rings. The first-order valence-electron chi connectivity index (χ1n) is 7.55. The molecule has 1 atom stereocenters. The van der Waals surface area contributed by atoms with Gasteiger partial charge in [0.15, 0.2) is 0 Å². The van der Waals surface area contributed by atoms with Crippen molar-refractivity contribution in [2.75, 3.05) is 6.61 Å². The third-order valence-electron chi connectivity index (χ3n) is 4.48. The monoisotopic (exact) mass is 264 g/mol. The van der Waals surface area contributed by atoms with Crippen molar-refractivity contribution in [2.45, 2.75) is 63.6 Å². The lowest BCUT2D eigenvalue weighted by molar-refractivity contribution is 0.0959. The Hall–Kier alpha value is -0.940. The van der Waals surface area contributed by atoms with E-state index in [0.29, 0.717) is 12.1 Å². The minimum Gasteiger partial charge on any atom is -0.376 e. The zero-order chi connectivity index (χ0) is 13.1. The smallest absolute Gasteiger partial charge is 0.133 e. The third kappa shape index (κ3) is 3.34. The second-order valence-corrected chi connectivity index (χ2v) is 6.02. The topological polar surface area (TPSA) is 66.0 Å². The zero-order valence-electron chi connectivity index (χ0n) is 11.5. The zero-order valence-corrected chi connectivity index (χ0v) is 11.5. The molecule has 2 heterocycles. The average Bonchev–Trinajstić information content (AvgIpc) is 3.06. The summed E-state index contributed by atoms with van der Waals surface area (Å²) in [6, 6.07) is 0.418. The predicted octanol–water partition coefficient (Wildman–Crippen LogP) is 1.52. The lowest BCUT2D eigenvalue weighted by atomic mass is 9.84. The van der Waals surface area contributed by atoms with Gasteiger partial charge in [0.05, 0.1) is 12.6 Å². The van der Waals surface area contributed by atoms with E-state index in [2.05, 4.69) is 14.8 Å². The normalized spacial score (nSPS) is 31.7. The fraction of sp³-hybridized carbons (Fsp3) is 0.857. The van der Waals surface area contributed by atoms with Crippen LogP contribution in [0.2, 0.25) is 0 Å². The Bertz CT molecular complexity index is 392. The number of aromatic nitrogens is 3. The van der Waals surface area contributed by atoms with E-state index < -0.39 is 0 Å². The third-order valence-corrected chi connectivity index (χ3v) is 4.48. The molecule has 2 fully saturated rings. The summed E-state index contributed by atoms with van der Waals surface area (Å²) in [5, 5.41) is 8.37. The van der Waals surface area contributed by atoms with Crippen molar-refractivity contribution in [1.29, 1.82) is 0 Å². The van der Waals surface area contributed by atoms with Crippen molar-refractivity contribution in [2.24, 2.45) is 11.7 Å². The van der Waals surface area contributed by atoms with E-state index >= 15 is 0 Å². The van der Waals surface area contributed by atoms with Crippen molar-refractivity contribution < 1.29 is 4.74 Å². The molecule has 2 N–H and O–H groups in total. The average molecular weight is 264 g/mol. The Morgan fingerprint density at radius 3 is 2.84 bits per heavy atom. The molecule has 19 heavy (non-hydrogen) atoms. The molecule has 1 aromatic heterocycles. The Kier molecular flexibility index (Phi) is 4.13. The molecule has 1 aromatic rings. The van der Waals surface area contributed by atoms with Gasteiger partial charge in [-0.2, -0.15) is 0 Å². The van der Waals surface area contributed by atoms with E-state index in [1.54, 1.807) is 0 Å². The number of nitrogens with zero attached hydrogens (tertiary/aromatic N) is 3. The van der Waals surface area contributed by atoms with Crippen molar-refractivity contribution in [3.05, 3.63) is 12.2 Å². The molecule has 0 aromatic carbocycles. The molecule has 5 nitrogen and oxygen atoms in total. The summed E-state index contributed by atoms with van der Waals surface area (Å²) in [7, 11) is 0. The van der Waals surface area contributed by atoms with Crippen molar-refractivity contribution >= 4 is 0 Å². The highest BCUT2D eigenvalue weighted by Crippen LogP contribution is 2.26. The first kappa shape index (κ1) is 13.1. The lowest BCUT2D eigenvalue weighted by Gasteiger charge is -2.25. The molecule has 0 spiro atoms. The fourth-order valence-electron chi connectivity index (χ4n) is 3.25. The van der Waals surface area contributed by atoms with Crippen molar-refractivity contribution in [3.63, 3.8) is 0 Å². The van der Waals surface area contributed by atoms with Gasteiger partial charge in [0, 0.05) is 19.1 Å². The Morgan fingerprint density at radius 1 is 1.26 bits per heavy atom. The highest BCUT2D eigenvalue weighted by Gasteiger charge is 2.22. The van der Waals surface area contributed by atoms with Crippen LogP contribution < -0.4 is 5.73 Å². The van der Waals surface area contributed by atoms with Gasteiger partial charge in [-0.25, -0.2) is 0 Å². The van der Waals surface area contributed by atoms with Gasteiger partial charge in [-0.05, 0) is 44.4 Å². The van der Waals surface area contributed by atoms with Crippen molar-refractivity contribution in [1.82, 2.24) is 14.8 Å². The summed E-state index contributed by atoms with van der Waals surface area (Å²) >= 11 is 0. The SMILES string of the molecule is NC1CCC(Cc2nncn2CC2CCCO2)CC1. The molecule has 0 amide bonds. The maximum atomic E-state index is 5.96. The van der Waals surface area contributed by atoms with Crippen LogP contribution in [0.3, 0.4) is 0 Å². The first-order valence-corrected chi connectivity index (χ1v) is 7.55. The maximum Gasteiger partial charge on any atom is 0.133 e. The standard InChI is InChI=1S/C14H24N4O/c15-12-5-3-11(4-6-12)8-14-17-16-10-18(14)9-13-2-1-7-19-13/h10-13H,1-9,15H2. The minimum absolute atomic E-state index is 0.356. The Labute approximate surface area is 114 Å². The molecule has 1 saturated heterocycles. The number of ether oxygens (including phenoxy) is 1. The second-order valence-electron chi connectivity index (χ2n) is 6.02. The predicted molar refractivity (Wildman–Crippen MR) is 72.6 cm³/mol. The van der Waals surface area contributed by atoms with Crippen LogP contribution in [0.4, 0.5) is 0 Å². The molecule has 0 bridgehead atoms. The van der Waals surface area contributed by atoms with Gasteiger partial charge < -0.3 is 15.0 Å². The maximum absolute atomic E-state index is 5.96. The molecule has 1 unspecified atom stereocenters. The van der Waals surface area contributed by atoms with Crippen LogP contribution >= 0.6 is 0 Å². The molecule has 1 aliphatic carbocycles. The summed E-state index contributed by atoms with van der Waals surface area (Å²) in [5.74, 6) is 1.85. The molecule has 1 aliphatic heterocycles. The number of nitrogens with two attached hydrogens (primary N) is 1. The quantitative estimate of drug-likeness (QED) is 0.895. The summed E-state index contributed by atoms with van der Waals surface area (Å²) in [6.07, 6.45) is 10.4. The van der Waals surface area contributed by atoms with Crippen LogP contribution in [0.5, 0.6) is 0 Å². The molecule has 0 radical (unpaired) electrons. The van der Waals surface area contributed by atoms with E-state index in [1.165, 1.54) is 19.3 Å². The van der Waals surface area contributed by atoms with Gasteiger partial charge in [0.1, 0.15) is 12.2 Å².